The van der Waals surface area contributed by atoms with E-state index in [1.165, 1.54) is 6.07 Å². The summed E-state index contributed by atoms with van der Waals surface area (Å²) in [5, 5.41) is 19.8. The van der Waals surface area contributed by atoms with Crippen LogP contribution in [0.2, 0.25) is 5.02 Å². The Bertz CT molecular complexity index is 587. The van der Waals surface area contributed by atoms with Crippen molar-refractivity contribution in [1.29, 1.82) is 0 Å². The molecule has 6 nitrogen and oxygen atoms in total. The van der Waals surface area contributed by atoms with Gasteiger partial charge in [-0.2, -0.15) is 11.8 Å². The number of benzene rings is 1. The second-order valence-corrected chi connectivity index (χ2v) is 6.09. The van der Waals surface area contributed by atoms with Crippen LogP contribution in [0.3, 0.4) is 0 Å². The van der Waals surface area contributed by atoms with Gasteiger partial charge in [-0.1, -0.05) is 11.6 Å². The van der Waals surface area contributed by atoms with Crippen molar-refractivity contribution in [3.8, 4) is 0 Å². The highest BCUT2D eigenvalue weighted by atomic mass is 35.5. The zero-order valence-electron chi connectivity index (χ0n) is 10.8. The number of nitrogens with zero attached hydrogens (tertiary/aromatic N) is 2. The van der Waals surface area contributed by atoms with Crippen LogP contribution >= 0.6 is 23.4 Å². The fraction of sp³-hybridized carbons (Fsp3) is 0.417. The molecule has 0 aromatic heterocycles. The van der Waals surface area contributed by atoms with Gasteiger partial charge < -0.3 is 10.0 Å². The number of carbonyl (C=O) groups is 1. The summed E-state index contributed by atoms with van der Waals surface area (Å²) in [6, 6.07) is 1.58. The van der Waals surface area contributed by atoms with E-state index in [1.54, 1.807) is 16.7 Å². The fourth-order valence-corrected chi connectivity index (χ4v) is 3.47. The van der Waals surface area contributed by atoms with E-state index in [0.717, 1.165) is 6.07 Å². The topological polar surface area (TPSA) is 83.7 Å². The maximum Gasteiger partial charge on any atom is 0.305 e. The summed E-state index contributed by atoms with van der Waals surface area (Å²) in [4.78, 5) is 23.0. The average Bonchev–Trinajstić information content (AvgIpc) is 2.41. The number of aliphatic carboxylic acids is 1. The molecule has 1 aromatic carbocycles. The van der Waals surface area contributed by atoms with Gasteiger partial charge in [0.15, 0.2) is 0 Å². The molecule has 0 bridgehead atoms. The van der Waals surface area contributed by atoms with Crippen LogP contribution in [0.15, 0.2) is 12.1 Å². The highest BCUT2D eigenvalue weighted by molar-refractivity contribution is 7.99. The van der Waals surface area contributed by atoms with Crippen LogP contribution in [0.25, 0.3) is 0 Å². The monoisotopic (exact) mass is 334 g/mol. The molecule has 1 fully saturated rings. The summed E-state index contributed by atoms with van der Waals surface area (Å²) in [6.45, 7) is 0.450. The number of carboxylic acid groups (broad SMARTS) is 1. The largest absolute Gasteiger partial charge is 0.481 e. The molecule has 9 heteroatoms. The van der Waals surface area contributed by atoms with Gasteiger partial charge in [-0.05, 0) is 6.07 Å². The van der Waals surface area contributed by atoms with Crippen molar-refractivity contribution >= 4 is 40.7 Å². The molecule has 0 amide bonds. The molecule has 1 saturated heterocycles. The summed E-state index contributed by atoms with van der Waals surface area (Å²) in [5.74, 6) is -0.600. The number of rotatable bonds is 4. The second-order valence-electron chi connectivity index (χ2n) is 4.53. The first kappa shape index (κ1) is 15.8. The van der Waals surface area contributed by atoms with Gasteiger partial charge in [0, 0.05) is 24.1 Å². The van der Waals surface area contributed by atoms with Gasteiger partial charge in [0.1, 0.15) is 11.5 Å². The van der Waals surface area contributed by atoms with Crippen molar-refractivity contribution in [3.05, 3.63) is 33.1 Å². The third-order valence-corrected chi connectivity index (χ3v) is 4.54. The lowest BCUT2D eigenvalue weighted by atomic mass is 10.1. The third kappa shape index (κ3) is 3.56. The molecule has 1 aromatic rings. The van der Waals surface area contributed by atoms with Gasteiger partial charge >= 0.3 is 5.97 Å². The first-order valence-corrected chi connectivity index (χ1v) is 7.63. The average molecular weight is 335 g/mol. The van der Waals surface area contributed by atoms with E-state index in [0.29, 0.717) is 18.1 Å². The third-order valence-electron chi connectivity index (χ3n) is 3.16. The van der Waals surface area contributed by atoms with E-state index in [2.05, 4.69) is 0 Å². The molecule has 0 radical (unpaired) electrons. The van der Waals surface area contributed by atoms with Gasteiger partial charge in [-0.15, -0.1) is 0 Å². The summed E-state index contributed by atoms with van der Waals surface area (Å²) in [6.07, 6.45) is -0.140. The van der Waals surface area contributed by atoms with Gasteiger partial charge in [0.2, 0.25) is 0 Å². The Labute approximate surface area is 129 Å². The SMILES string of the molecule is O=C(O)CC1CSCCN1c1cc(Cl)c(F)cc1[N+](=O)[O-]. The molecular weight excluding hydrogens is 323 g/mol. The number of anilines is 1. The van der Waals surface area contributed by atoms with Crippen LogP contribution in [-0.4, -0.2) is 40.1 Å². The van der Waals surface area contributed by atoms with E-state index in [-0.39, 0.29) is 23.2 Å². The Morgan fingerprint density at radius 1 is 1.62 bits per heavy atom. The van der Waals surface area contributed by atoms with Gasteiger partial charge in [-0.25, -0.2) is 4.39 Å². The first-order chi connectivity index (χ1) is 9.90. The Morgan fingerprint density at radius 2 is 2.33 bits per heavy atom. The highest BCUT2D eigenvalue weighted by Gasteiger charge is 2.31. The number of nitro groups is 1. The Hall–Kier alpha value is -1.54. The van der Waals surface area contributed by atoms with Crippen molar-refractivity contribution in [2.75, 3.05) is 23.0 Å². The smallest absolute Gasteiger partial charge is 0.305 e. The fourth-order valence-electron chi connectivity index (χ4n) is 2.24. The van der Waals surface area contributed by atoms with Crippen molar-refractivity contribution in [2.24, 2.45) is 0 Å². The lowest BCUT2D eigenvalue weighted by molar-refractivity contribution is -0.384. The Morgan fingerprint density at radius 3 is 2.95 bits per heavy atom. The Kier molecular flexibility index (Phi) is 4.89. The summed E-state index contributed by atoms with van der Waals surface area (Å²) >= 11 is 7.30. The molecule has 21 heavy (non-hydrogen) atoms. The van der Waals surface area contributed by atoms with Gasteiger partial charge in [0.05, 0.1) is 22.4 Å². The molecule has 1 N–H and O–H groups in total. The maximum atomic E-state index is 13.4. The molecule has 1 aliphatic heterocycles. The Balaban J connectivity index is 2.44. The van der Waals surface area contributed by atoms with Crippen LogP contribution in [0, 0.1) is 15.9 Å². The minimum Gasteiger partial charge on any atom is -0.481 e. The predicted molar refractivity (Wildman–Crippen MR) is 78.8 cm³/mol. The molecule has 1 atom stereocenters. The maximum absolute atomic E-state index is 13.4. The first-order valence-electron chi connectivity index (χ1n) is 6.09. The lowest BCUT2D eigenvalue weighted by Crippen LogP contribution is -2.44. The molecule has 1 heterocycles. The molecule has 0 saturated carbocycles. The highest BCUT2D eigenvalue weighted by Crippen LogP contribution is 2.36. The minimum absolute atomic E-state index is 0.140. The molecule has 0 spiro atoms. The second kappa shape index (κ2) is 6.48. The van der Waals surface area contributed by atoms with E-state index >= 15 is 0 Å². The number of hydrogen-bond donors (Lipinski definition) is 1. The van der Waals surface area contributed by atoms with Gasteiger partial charge in [0.25, 0.3) is 5.69 Å². The van der Waals surface area contributed by atoms with Crippen LogP contribution in [-0.2, 0) is 4.79 Å². The van der Waals surface area contributed by atoms with Crippen LogP contribution in [0.4, 0.5) is 15.8 Å². The molecule has 2 rings (SSSR count). The van der Waals surface area contributed by atoms with Crippen LogP contribution < -0.4 is 4.90 Å². The van der Waals surface area contributed by atoms with Crippen molar-refractivity contribution in [3.63, 3.8) is 0 Å². The number of carboxylic acids is 1. The standard InChI is InChI=1S/C12H12ClFN2O4S/c13-8-4-10(11(16(19)20)5-9(8)14)15-1-2-21-6-7(15)3-12(17)18/h4-5,7H,1-3,6H2,(H,17,18). The van der Waals surface area contributed by atoms with Crippen molar-refractivity contribution < 1.29 is 19.2 Å². The van der Waals surface area contributed by atoms with E-state index < -0.39 is 22.4 Å². The zero-order chi connectivity index (χ0) is 15.6. The summed E-state index contributed by atoms with van der Waals surface area (Å²) in [5.41, 5.74) is -0.239. The zero-order valence-corrected chi connectivity index (χ0v) is 12.4. The molecule has 1 aliphatic rings. The van der Waals surface area contributed by atoms with Crippen LogP contribution in [0.1, 0.15) is 6.42 Å². The number of hydrogen-bond acceptors (Lipinski definition) is 5. The minimum atomic E-state index is -0.983. The molecule has 1 unspecified atom stereocenters. The van der Waals surface area contributed by atoms with E-state index in [9.17, 15) is 19.3 Å². The van der Waals surface area contributed by atoms with Crippen molar-refractivity contribution in [2.45, 2.75) is 12.5 Å². The van der Waals surface area contributed by atoms with Gasteiger partial charge in [-0.3, -0.25) is 14.9 Å². The van der Waals surface area contributed by atoms with E-state index in [4.69, 9.17) is 16.7 Å². The number of nitro benzene ring substituents is 1. The quantitative estimate of drug-likeness (QED) is 0.673. The molecule has 0 aliphatic carbocycles. The normalized spacial score (nSPS) is 18.6. The van der Waals surface area contributed by atoms with E-state index in [1.807, 2.05) is 0 Å². The summed E-state index contributed by atoms with van der Waals surface area (Å²) < 4.78 is 13.4. The van der Waals surface area contributed by atoms with Crippen LogP contribution in [0.5, 0.6) is 0 Å². The lowest BCUT2D eigenvalue weighted by Gasteiger charge is -2.36. The number of halogens is 2. The molecule has 114 valence electrons. The predicted octanol–water partition coefficient (Wildman–Crippen LogP) is 2.78. The number of thioether (sulfide) groups is 1. The summed E-state index contributed by atoms with van der Waals surface area (Å²) in [7, 11) is 0. The molecular formula is C12H12ClFN2O4S. The van der Waals surface area contributed by atoms with Crippen molar-refractivity contribution in [1.82, 2.24) is 0 Å².